The summed E-state index contributed by atoms with van der Waals surface area (Å²) in [6.07, 6.45) is 2.62. The third kappa shape index (κ3) is 3.54. The quantitative estimate of drug-likeness (QED) is 0.783. The highest BCUT2D eigenvalue weighted by Gasteiger charge is 2.34. The summed E-state index contributed by atoms with van der Waals surface area (Å²) < 4.78 is 0. The summed E-state index contributed by atoms with van der Waals surface area (Å²) in [7, 11) is 0. The van der Waals surface area contributed by atoms with E-state index in [-0.39, 0.29) is 16.9 Å². The second-order valence-corrected chi connectivity index (χ2v) is 9.19. The lowest BCUT2D eigenvalue weighted by molar-refractivity contribution is 0.0696. The van der Waals surface area contributed by atoms with Crippen LogP contribution in [-0.2, 0) is 12.8 Å². The minimum atomic E-state index is -0.961. The molecule has 0 bridgehead atoms. The Morgan fingerprint density at radius 3 is 2.54 bits per heavy atom. The van der Waals surface area contributed by atoms with E-state index in [1.54, 1.807) is 6.07 Å². The third-order valence-electron chi connectivity index (χ3n) is 5.32. The highest BCUT2D eigenvalue weighted by atomic mass is 32.1. The summed E-state index contributed by atoms with van der Waals surface area (Å²) in [5.74, 6) is -0.691. The van der Waals surface area contributed by atoms with Gasteiger partial charge in [0.15, 0.2) is 0 Å². The number of aromatic carboxylic acids is 1. The number of carboxylic acid groups (broad SMARTS) is 1. The average molecular weight is 372 g/mol. The molecule has 0 saturated heterocycles. The van der Waals surface area contributed by atoms with Gasteiger partial charge >= 0.3 is 5.97 Å². The van der Waals surface area contributed by atoms with Crippen LogP contribution in [0.1, 0.15) is 63.9 Å². The summed E-state index contributed by atoms with van der Waals surface area (Å²) in [5, 5.41) is 13.1. The molecule has 1 atom stereocenters. The predicted octanol–water partition coefficient (Wildman–Crippen LogP) is 5.16. The van der Waals surface area contributed by atoms with Gasteiger partial charge in [-0.2, -0.15) is 0 Å². The van der Waals surface area contributed by atoms with E-state index in [2.05, 4.69) is 26.1 Å². The zero-order valence-electron chi connectivity index (χ0n) is 15.7. The molecule has 1 aliphatic rings. The van der Waals surface area contributed by atoms with Gasteiger partial charge in [0.2, 0.25) is 0 Å². The van der Waals surface area contributed by atoms with Crippen LogP contribution in [0.5, 0.6) is 0 Å². The van der Waals surface area contributed by atoms with Crippen molar-refractivity contribution in [3.8, 4) is 0 Å². The zero-order valence-corrected chi connectivity index (χ0v) is 16.5. The summed E-state index contributed by atoms with van der Waals surface area (Å²) >= 11 is 1.43. The Morgan fingerprint density at radius 2 is 1.92 bits per heavy atom. The van der Waals surface area contributed by atoms with Crippen molar-refractivity contribution in [1.82, 2.24) is 0 Å². The van der Waals surface area contributed by atoms with Gasteiger partial charge in [-0.1, -0.05) is 39.0 Å². The fraction of sp³-hybridized carbons (Fsp3) is 0.429. The van der Waals surface area contributed by atoms with Gasteiger partial charge in [-0.25, -0.2) is 4.79 Å². The van der Waals surface area contributed by atoms with Crippen LogP contribution in [0.25, 0.3) is 0 Å². The maximum Gasteiger partial charge on any atom is 0.339 e. The van der Waals surface area contributed by atoms with Crippen molar-refractivity contribution in [1.29, 1.82) is 0 Å². The number of carbonyl (C=O) groups excluding carboxylic acids is 1. The Hall–Kier alpha value is -2.14. The van der Waals surface area contributed by atoms with E-state index >= 15 is 0 Å². The van der Waals surface area contributed by atoms with Crippen molar-refractivity contribution in [3.05, 3.63) is 51.4 Å². The number of fused-ring (bicyclic) bond motifs is 1. The molecule has 0 fully saturated rings. The number of rotatable bonds is 3. The van der Waals surface area contributed by atoms with Gasteiger partial charge in [-0.15, -0.1) is 11.3 Å². The molecule has 26 heavy (non-hydrogen) atoms. The Kier molecular flexibility index (Phi) is 4.93. The molecule has 2 aromatic rings. The van der Waals surface area contributed by atoms with Crippen LogP contribution in [0, 0.1) is 18.3 Å². The van der Waals surface area contributed by atoms with Gasteiger partial charge in [-0.3, -0.25) is 4.79 Å². The van der Waals surface area contributed by atoms with Gasteiger partial charge < -0.3 is 10.4 Å². The van der Waals surface area contributed by atoms with Crippen molar-refractivity contribution >= 4 is 28.2 Å². The van der Waals surface area contributed by atoms with Crippen molar-refractivity contribution in [2.24, 2.45) is 11.3 Å². The molecule has 2 N–H and O–H groups in total. The topological polar surface area (TPSA) is 66.4 Å². The van der Waals surface area contributed by atoms with E-state index in [1.807, 2.05) is 25.1 Å². The first kappa shape index (κ1) is 18.6. The lowest BCUT2D eigenvalue weighted by atomic mass is 9.72. The van der Waals surface area contributed by atoms with E-state index in [0.717, 1.165) is 35.3 Å². The Bertz CT molecular complexity index is 861. The second kappa shape index (κ2) is 6.88. The molecular weight excluding hydrogens is 346 g/mol. The number of nitrogens with one attached hydrogen (secondary N) is 1. The fourth-order valence-electron chi connectivity index (χ4n) is 3.64. The number of hydrogen-bond acceptors (Lipinski definition) is 3. The molecule has 0 spiro atoms. The van der Waals surface area contributed by atoms with Crippen molar-refractivity contribution in [2.45, 2.75) is 47.0 Å². The number of benzene rings is 1. The van der Waals surface area contributed by atoms with Gasteiger partial charge in [0.1, 0.15) is 5.00 Å². The third-order valence-corrected chi connectivity index (χ3v) is 6.49. The van der Waals surface area contributed by atoms with Crippen LogP contribution in [0.2, 0.25) is 0 Å². The van der Waals surface area contributed by atoms with E-state index in [0.29, 0.717) is 16.5 Å². The summed E-state index contributed by atoms with van der Waals surface area (Å²) in [6, 6.07) is 7.33. The Balaban J connectivity index is 1.94. The van der Waals surface area contributed by atoms with Crippen molar-refractivity contribution in [3.63, 3.8) is 0 Å². The molecule has 1 aliphatic carbocycles. The number of aryl methyl sites for hydroxylation is 1. The summed E-state index contributed by atoms with van der Waals surface area (Å²) in [4.78, 5) is 25.6. The number of anilines is 1. The van der Waals surface area contributed by atoms with E-state index < -0.39 is 5.97 Å². The fourth-order valence-corrected chi connectivity index (χ4v) is 4.95. The first-order valence-electron chi connectivity index (χ1n) is 8.93. The second-order valence-electron chi connectivity index (χ2n) is 8.09. The summed E-state index contributed by atoms with van der Waals surface area (Å²) in [5.41, 5.74) is 2.82. The predicted molar refractivity (Wildman–Crippen MR) is 105 cm³/mol. The summed E-state index contributed by atoms with van der Waals surface area (Å²) in [6.45, 7) is 8.57. The molecule has 1 amide bonds. The lowest BCUT2D eigenvalue weighted by Crippen LogP contribution is -2.26. The molecule has 0 saturated carbocycles. The Morgan fingerprint density at radius 1 is 1.23 bits per heavy atom. The van der Waals surface area contributed by atoms with Crippen LogP contribution in [-0.4, -0.2) is 17.0 Å². The largest absolute Gasteiger partial charge is 0.478 e. The Labute approximate surface area is 158 Å². The number of hydrogen-bond donors (Lipinski definition) is 2. The molecule has 138 valence electrons. The molecule has 0 radical (unpaired) electrons. The molecule has 1 aromatic carbocycles. The number of thiophene rings is 1. The molecule has 1 heterocycles. The lowest BCUT2D eigenvalue weighted by Gasteiger charge is -2.33. The molecule has 1 aromatic heterocycles. The number of carboxylic acids is 1. The number of carbonyl (C=O) groups is 2. The standard InChI is InChI=1S/C21H25NO3S/c1-12-7-5-6-8-14(12)18(23)22-19-17(20(24)25)15-10-9-13(21(2,3)4)11-16(15)26-19/h5-8,13H,9-11H2,1-4H3,(H,22,23)(H,24,25)/t13-/m1/s1. The molecule has 5 heteroatoms. The van der Waals surface area contributed by atoms with E-state index in [4.69, 9.17) is 0 Å². The molecule has 3 rings (SSSR count). The normalized spacial score (nSPS) is 16.8. The monoisotopic (exact) mass is 371 g/mol. The van der Waals surface area contributed by atoms with Gasteiger partial charge in [-0.05, 0) is 54.7 Å². The number of amides is 1. The highest BCUT2D eigenvalue weighted by Crippen LogP contribution is 2.44. The first-order valence-corrected chi connectivity index (χ1v) is 9.75. The molecular formula is C21H25NO3S. The van der Waals surface area contributed by atoms with Gasteiger partial charge in [0.05, 0.1) is 5.56 Å². The smallest absolute Gasteiger partial charge is 0.339 e. The van der Waals surface area contributed by atoms with Crippen LogP contribution < -0.4 is 5.32 Å². The van der Waals surface area contributed by atoms with Crippen LogP contribution in [0.3, 0.4) is 0 Å². The van der Waals surface area contributed by atoms with Crippen LogP contribution in [0.4, 0.5) is 5.00 Å². The maximum atomic E-state index is 12.6. The molecule has 4 nitrogen and oxygen atoms in total. The SMILES string of the molecule is Cc1ccccc1C(=O)Nc1sc2c(c1C(=O)O)CC[C@@H](C(C)(C)C)C2. The van der Waals surface area contributed by atoms with Crippen molar-refractivity contribution < 1.29 is 14.7 Å². The van der Waals surface area contributed by atoms with Gasteiger partial charge in [0.25, 0.3) is 5.91 Å². The average Bonchev–Trinajstić information content (AvgIpc) is 2.91. The first-order chi connectivity index (χ1) is 12.2. The maximum absolute atomic E-state index is 12.6. The van der Waals surface area contributed by atoms with Gasteiger partial charge in [0, 0.05) is 10.4 Å². The highest BCUT2D eigenvalue weighted by molar-refractivity contribution is 7.17. The zero-order chi connectivity index (χ0) is 19.1. The van der Waals surface area contributed by atoms with Crippen LogP contribution in [0.15, 0.2) is 24.3 Å². The van der Waals surface area contributed by atoms with E-state index in [9.17, 15) is 14.7 Å². The van der Waals surface area contributed by atoms with Crippen LogP contribution >= 0.6 is 11.3 Å². The van der Waals surface area contributed by atoms with E-state index in [1.165, 1.54) is 11.3 Å². The molecule has 0 aliphatic heterocycles. The minimum absolute atomic E-state index is 0.190. The molecule has 0 unspecified atom stereocenters. The minimum Gasteiger partial charge on any atom is -0.478 e. The van der Waals surface area contributed by atoms with Crippen molar-refractivity contribution in [2.75, 3.05) is 5.32 Å².